The van der Waals surface area contributed by atoms with Crippen molar-refractivity contribution in [3.8, 4) is 17.3 Å². The van der Waals surface area contributed by atoms with E-state index in [9.17, 15) is 13.6 Å². The van der Waals surface area contributed by atoms with Crippen LogP contribution in [0.15, 0.2) is 42.9 Å². The number of rotatable bonds is 7. The first-order valence-electron chi connectivity index (χ1n) is 9.27. The second-order valence-corrected chi connectivity index (χ2v) is 6.78. The number of nitriles is 1. The zero-order valence-corrected chi connectivity index (χ0v) is 15.7. The number of nitrogens with one attached hydrogen (secondary N) is 2. The zero-order chi connectivity index (χ0) is 21.1. The van der Waals surface area contributed by atoms with Crippen molar-refractivity contribution in [2.24, 2.45) is 0 Å². The van der Waals surface area contributed by atoms with Gasteiger partial charge in [0.2, 0.25) is 5.95 Å². The molecule has 1 aromatic carbocycles. The summed E-state index contributed by atoms with van der Waals surface area (Å²) in [7, 11) is 0. The van der Waals surface area contributed by atoms with Crippen LogP contribution in [0, 0.1) is 11.3 Å². The highest BCUT2D eigenvalue weighted by Crippen LogP contribution is 2.35. The Labute approximate surface area is 170 Å². The van der Waals surface area contributed by atoms with Crippen LogP contribution in [0.4, 0.5) is 20.4 Å². The maximum absolute atomic E-state index is 13.5. The molecule has 2 N–H and O–H groups in total. The molecule has 2 aromatic heterocycles. The fourth-order valence-corrected chi connectivity index (χ4v) is 2.91. The summed E-state index contributed by atoms with van der Waals surface area (Å²) in [5.41, 5.74) is 1.16. The van der Waals surface area contributed by atoms with E-state index in [0.717, 1.165) is 19.0 Å². The molecule has 1 aliphatic rings. The van der Waals surface area contributed by atoms with Gasteiger partial charge in [-0.3, -0.25) is 9.48 Å². The van der Waals surface area contributed by atoms with Crippen molar-refractivity contribution in [1.29, 1.82) is 5.26 Å². The van der Waals surface area contributed by atoms with E-state index in [2.05, 4.69) is 25.7 Å². The standard InChI is InChI=1S/C20H17F2N7O/c21-18(22)16-10-25-20(27-14-9-26-29(11-14)15-5-6-15)28-17(16)12-1-3-13(4-2-12)19(30)24-8-7-23/h1-4,9-11,15,18H,5-6,8H2,(H,24,30)(H,25,27,28). The number of benzene rings is 1. The van der Waals surface area contributed by atoms with Crippen molar-refractivity contribution >= 4 is 17.5 Å². The van der Waals surface area contributed by atoms with E-state index in [1.165, 1.54) is 24.3 Å². The fraction of sp³-hybridized carbons (Fsp3) is 0.250. The number of alkyl halides is 2. The van der Waals surface area contributed by atoms with Gasteiger partial charge in [0, 0.05) is 23.5 Å². The van der Waals surface area contributed by atoms with Gasteiger partial charge in [-0.15, -0.1) is 0 Å². The summed E-state index contributed by atoms with van der Waals surface area (Å²) >= 11 is 0. The van der Waals surface area contributed by atoms with Gasteiger partial charge < -0.3 is 10.6 Å². The van der Waals surface area contributed by atoms with Gasteiger partial charge in [0.15, 0.2) is 0 Å². The van der Waals surface area contributed by atoms with E-state index in [1.54, 1.807) is 6.20 Å². The van der Waals surface area contributed by atoms with Crippen LogP contribution in [0.2, 0.25) is 0 Å². The van der Waals surface area contributed by atoms with Crippen molar-refractivity contribution in [2.45, 2.75) is 25.3 Å². The molecule has 2 heterocycles. The van der Waals surface area contributed by atoms with E-state index in [4.69, 9.17) is 5.26 Å². The smallest absolute Gasteiger partial charge is 0.267 e. The molecule has 1 amide bonds. The zero-order valence-electron chi connectivity index (χ0n) is 15.7. The maximum Gasteiger partial charge on any atom is 0.267 e. The molecule has 0 unspecified atom stereocenters. The van der Waals surface area contributed by atoms with Gasteiger partial charge in [-0.1, -0.05) is 12.1 Å². The van der Waals surface area contributed by atoms with Gasteiger partial charge in [-0.25, -0.2) is 18.7 Å². The minimum Gasteiger partial charge on any atom is -0.339 e. The summed E-state index contributed by atoms with van der Waals surface area (Å²) < 4.78 is 28.9. The van der Waals surface area contributed by atoms with E-state index in [1.807, 2.05) is 16.9 Å². The Morgan fingerprint density at radius 1 is 1.27 bits per heavy atom. The molecule has 8 nitrogen and oxygen atoms in total. The molecule has 4 rings (SSSR count). The first-order chi connectivity index (χ1) is 14.5. The number of hydrogen-bond acceptors (Lipinski definition) is 6. The quantitative estimate of drug-likeness (QED) is 0.577. The van der Waals surface area contributed by atoms with Crippen molar-refractivity contribution in [1.82, 2.24) is 25.1 Å². The van der Waals surface area contributed by atoms with Crippen LogP contribution in [0.1, 0.15) is 41.2 Å². The fourth-order valence-electron chi connectivity index (χ4n) is 2.91. The lowest BCUT2D eigenvalue weighted by atomic mass is 10.0. The average Bonchev–Trinajstić information content (AvgIpc) is 3.51. The Balaban J connectivity index is 1.59. The monoisotopic (exact) mass is 409 g/mol. The molecule has 0 bridgehead atoms. The predicted octanol–water partition coefficient (Wildman–Crippen LogP) is 3.61. The van der Waals surface area contributed by atoms with Crippen LogP contribution in [-0.2, 0) is 0 Å². The van der Waals surface area contributed by atoms with Gasteiger partial charge >= 0.3 is 0 Å². The summed E-state index contributed by atoms with van der Waals surface area (Å²) in [6.45, 7) is -0.117. The molecule has 0 aliphatic heterocycles. The Hall–Kier alpha value is -3.87. The van der Waals surface area contributed by atoms with Gasteiger partial charge in [-0.2, -0.15) is 10.4 Å². The molecule has 30 heavy (non-hydrogen) atoms. The molecule has 1 aliphatic carbocycles. The number of amides is 1. The maximum atomic E-state index is 13.5. The number of aromatic nitrogens is 4. The molecular weight excluding hydrogens is 392 g/mol. The lowest BCUT2D eigenvalue weighted by Gasteiger charge is -2.11. The SMILES string of the molecule is N#CCNC(=O)c1ccc(-c2nc(Nc3cnn(C4CC4)c3)ncc2C(F)F)cc1. The van der Waals surface area contributed by atoms with Crippen molar-refractivity contribution in [3.63, 3.8) is 0 Å². The second kappa shape index (κ2) is 8.24. The number of nitrogens with zero attached hydrogens (tertiary/aromatic N) is 5. The summed E-state index contributed by atoms with van der Waals surface area (Å²) in [4.78, 5) is 20.2. The largest absolute Gasteiger partial charge is 0.339 e. The highest BCUT2D eigenvalue weighted by molar-refractivity contribution is 5.94. The van der Waals surface area contributed by atoms with Gasteiger partial charge in [-0.05, 0) is 25.0 Å². The average molecular weight is 409 g/mol. The number of carbonyl (C=O) groups excluding carboxylic acids is 1. The van der Waals surface area contributed by atoms with Gasteiger partial charge in [0.25, 0.3) is 12.3 Å². The molecule has 3 aromatic rings. The molecule has 1 saturated carbocycles. The molecule has 0 atom stereocenters. The van der Waals surface area contributed by atoms with Crippen LogP contribution in [0.25, 0.3) is 11.3 Å². The predicted molar refractivity (Wildman–Crippen MR) is 104 cm³/mol. The Kier molecular flexibility index (Phi) is 5.34. The van der Waals surface area contributed by atoms with Crippen LogP contribution in [0.3, 0.4) is 0 Å². The molecule has 0 radical (unpaired) electrons. The third-order valence-corrected chi connectivity index (χ3v) is 4.58. The molecule has 0 spiro atoms. The van der Waals surface area contributed by atoms with E-state index in [0.29, 0.717) is 22.9 Å². The summed E-state index contributed by atoms with van der Waals surface area (Å²) in [5, 5.41) is 18.2. The number of halogens is 2. The van der Waals surface area contributed by atoms with E-state index >= 15 is 0 Å². The van der Waals surface area contributed by atoms with Crippen LogP contribution in [-0.4, -0.2) is 32.2 Å². The van der Waals surface area contributed by atoms with Crippen molar-refractivity contribution in [3.05, 3.63) is 54.0 Å². The van der Waals surface area contributed by atoms with Gasteiger partial charge in [0.1, 0.15) is 6.54 Å². The third kappa shape index (κ3) is 4.25. The topological polar surface area (TPSA) is 109 Å². The van der Waals surface area contributed by atoms with Crippen molar-refractivity contribution in [2.75, 3.05) is 11.9 Å². The first kappa shape index (κ1) is 19.4. The van der Waals surface area contributed by atoms with Crippen LogP contribution >= 0.6 is 0 Å². The number of hydrogen-bond donors (Lipinski definition) is 2. The molecular formula is C20H17F2N7O. The summed E-state index contributed by atoms with van der Waals surface area (Å²) in [5.74, 6) is -0.254. The third-order valence-electron chi connectivity index (χ3n) is 4.58. The highest BCUT2D eigenvalue weighted by Gasteiger charge is 2.24. The minimum atomic E-state index is -2.76. The highest BCUT2D eigenvalue weighted by atomic mass is 19.3. The molecule has 10 heteroatoms. The number of anilines is 2. The van der Waals surface area contributed by atoms with Gasteiger partial charge in [0.05, 0.1) is 35.3 Å². The van der Waals surface area contributed by atoms with E-state index < -0.39 is 12.3 Å². The molecule has 1 fully saturated rings. The number of carbonyl (C=O) groups is 1. The molecule has 0 saturated heterocycles. The Bertz CT molecular complexity index is 1100. The van der Waals surface area contributed by atoms with E-state index in [-0.39, 0.29) is 23.8 Å². The summed E-state index contributed by atoms with van der Waals surface area (Å²) in [6.07, 6.45) is 3.98. The Morgan fingerprint density at radius 3 is 2.70 bits per heavy atom. The lowest BCUT2D eigenvalue weighted by molar-refractivity contribution is 0.0958. The normalized spacial score (nSPS) is 13.1. The van der Waals surface area contributed by atoms with Crippen molar-refractivity contribution < 1.29 is 13.6 Å². The lowest BCUT2D eigenvalue weighted by Crippen LogP contribution is -2.23. The second-order valence-electron chi connectivity index (χ2n) is 6.78. The minimum absolute atomic E-state index is 0.0704. The molecule has 152 valence electrons. The van der Waals surface area contributed by atoms with Crippen LogP contribution in [0.5, 0.6) is 0 Å². The first-order valence-corrected chi connectivity index (χ1v) is 9.27. The summed E-state index contributed by atoms with van der Waals surface area (Å²) in [6, 6.07) is 8.28. The Morgan fingerprint density at radius 2 is 2.03 bits per heavy atom. The van der Waals surface area contributed by atoms with Crippen LogP contribution < -0.4 is 10.6 Å².